The zero-order valence-electron chi connectivity index (χ0n) is 28.2. The topological polar surface area (TPSA) is 133 Å². The number of amides is 4. The predicted molar refractivity (Wildman–Crippen MR) is 180 cm³/mol. The van der Waals surface area contributed by atoms with Crippen LogP contribution in [0.25, 0.3) is 0 Å². The first-order valence-electron chi connectivity index (χ1n) is 16.6. The minimum absolute atomic E-state index is 0.0313. The van der Waals surface area contributed by atoms with Crippen LogP contribution in [0.2, 0.25) is 0 Å². The second-order valence-electron chi connectivity index (χ2n) is 13.8. The summed E-state index contributed by atoms with van der Waals surface area (Å²) in [7, 11) is 0. The van der Waals surface area contributed by atoms with Crippen molar-refractivity contribution < 1.29 is 24.0 Å². The Hall–Kier alpha value is -4.01. The molecule has 2 unspecified atom stereocenters. The fourth-order valence-corrected chi connectivity index (χ4v) is 5.61. The van der Waals surface area contributed by atoms with E-state index in [1.807, 2.05) is 95.3 Å². The summed E-state index contributed by atoms with van der Waals surface area (Å²) in [6.45, 7) is 11.2. The molecule has 1 aliphatic rings. The van der Waals surface area contributed by atoms with Gasteiger partial charge in [-0.3, -0.25) is 24.0 Å². The summed E-state index contributed by atoms with van der Waals surface area (Å²) in [4.78, 5) is 66.5. The average Bonchev–Trinajstić information content (AvgIpc) is 3.76. The highest BCUT2D eigenvalue weighted by molar-refractivity contribution is 5.97. The van der Waals surface area contributed by atoms with Crippen LogP contribution in [-0.2, 0) is 36.8 Å². The second kappa shape index (κ2) is 17.1. The van der Waals surface area contributed by atoms with Crippen LogP contribution in [-0.4, -0.2) is 53.6 Å². The molecular formula is C37H52N4O5. The molecule has 1 saturated carbocycles. The van der Waals surface area contributed by atoms with E-state index in [9.17, 15) is 24.0 Å². The zero-order valence-corrected chi connectivity index (χ0v) is 28.2. The standard InChI is InChI=1S/C37H52N4O5/c1-24(2)21-30(33(43)37(6)19-20-37)39-36(46)32(23-28-15-11-8-12-16-28)41-35(45)31(22-25(3)4)40-34(44)29(38-26(5)42)18-17-27-13-9-7-10-14-27/h7-16,24-25,29-32H,17-23H2,1-6H3,(H,38,42)(H,39,46)(H,40,44)(H,41,45)/t29-,30?,31?,32-/m0/s1. The Morgan fingerprint density at radius 1 is 0.630 bits per heavy atom. The maximum atomic E-state index is 13.9. The minimum Gasteiger partial charge on any atom is -0.345 e. The van der Waals surface area contributed by atoms with Crippen LogP contribution in [0.3, 0.4) is 0 Å². The number of rotatable bonds is 18. The van der Waals surface area contributed by atoms with Gasteiger partial charge in [0.1, 0.15) is 18.1 Å². The van der Waals surface area contributed by atoms with Crippen LogP contribution >= 0.6 is 0 Å². The molecule has 0 spiro atoms. The fourth-order valence-electron chi connectivity index (χ4n) is 5.61. The lowest BCUT2D eigenvalue weighted by Crippen LogP contribution is -2.58. The van der Waals surface area contributed by atoms with Gasteiger partial charge in [0.2, 0.25) is 23.6 Å². The monoisotopic (exact) mass is 632 g/mol. The van der Waals surface area contributed by atoms with Crippen molar-refractivity contribution in [3.8, 4) is 0 Å². The maximum Gasteiger partial charge on any atom is 0.243 e. The van der Waals surface area contributed by atoms with Crippen molar-refractivity contribution in [2.24, 2.45) is 17.3 Å². The molecular weight excluding hydrogens is 580 g/mol. The summed E-state index contributed by atoms with van der Waals surface area (Å²) < 4.78 is 0. The van der Waals surface area contributed by atoms with Crippen LogP contribution in [0.4, 0.5) is 0 Å². The van der Waals surface area contributed by atoms with Gasteiger partial charge in [-0.25, -0.2) is 0 Å². The minimum atomic E-state index is -0.972. The van der Waals surface area contributed by atoms with Crippen LogP contribution in [0.15, 0.2) is 60.7 Å². The van der Waals surface area contributed by atoms with E-state index >= 15 is 0 Å². The normalized spacial score (nSPS) is 16.1. The molecule has 250 valence electrons. The molecule has 1 aliphatic carbocycles. The van der Waals surface area contributed by atoms with Gasteiger partial charge in [-0.2, -0.15) is 0 Å². The molecule has 0 aromatic heterocycles. The van der Waals surface area contributed by atoms with Crippen molar-refractivity contribution in [1.29, 1.82) is 0 Å². The van der Waals surface area contributed by atoms with Gasteiger partial charge in [0.25, 0.3) is 0 Å². The number of nitrogens with one attached hydrogen (secondary N) is 4. The lowest BCUT2D eigenvalue weighted by Gasteiger charge is -2.28. The fraction of sp³-hybridized carbons (Fsp3) is 0.541. The number of carbonyl (C=O) groups is 5. The second-order valence-corrected chi connectivity index (χ2v) is 13.8. The molecule has 9 heteroatoms. The highest BCUT2D eigenvalue weighted by Crippen LogP contribution is 2.47. The highest BCUT2D eigenvalue weighted by atomic mass is 16.2. The van der Waals surface area contributed by atoms with Crippen molar-refractivity contribution >= 4 is 29.4 Å². The van der Waals surface area contributed by atoms with Crippen LogP contribution in [0.5, 0.6) is 0 Å². The van der Waals surface area contributed by atoms with E-state index in [-0.39, 0.29) is 29.9 Å². The number of carbonyl (C=O) groups excluding carboxylic acids is 5. The summed E-state index contributed by atoms with van der Waals surface area (Å²) in [5.74, 6) is -1.47. The Bertz CT molecular complexity index is 1320. The summed E-state index contributed by atoms with van der Waals surface area (Å²) in [5.41, 5.74) is 1.46. The third-order valence-corrected chi connectivity index (χ3v) is 8.45. The van der Waals surface area contributed by atoms with Gasteiger partial charge < -0.3 is 21.3 Å². The van der Waals surface area contributed by atoms with E-state index in [0.717, 1.165) is 24.0 Å². The Balaban J connectivity index is 1.80. The van der Waals surface area contributed by atoms with Gasteiger partial charge in [-0.05, 0) is 61.5 Å². The van der Waals surface area contributed by atoms with E-state index in [1.165, 1.54) is 6.92 Å². The average molecular weight is 633 g/mol. The summed E-state index contributed by atoms with van der Waals surface area (Å²) in [6, 6.07) is 15.6. The molecule has 0 aliphatic heterocycles. The summed E-state index contributed by atoms with van der Waals surface area (Å²) in [6.07, 6.45) is 3.58. The molecule has 4 atom stereocenters. The van der Waals surface area contributed by atoms with Crippen molar-refractivity contribution in [3.63, 3.8) is 0 Å². The molecule has 0 heterocycles. The third kappa shape index (κ3) is 11.7. The lowest BCUT2D eigenvalue weighted by atomic mass is 9.91. The molecule has 4 amide bonds. The Morgan fingerprint density at radius 3 is 1.61 bits per heavy atom. The largest absolute Gasteiger partial charge is 0.345 e. The van der Waals surface area contributed by atoms with E-state index < -0.39 is 47.3 Å². The Labute approximate surface area is 274 Å². The number of hydrogen-bond donors (Lipinski definition) is 4. The van der Waals surface area contributed by atoms with Crippen LogP contribution in [0.1, 0.15) is 84.8 Å². The molecule has 2 aromatic rings. The number of ketones is 1. The third-order valence-electron chi connectivity index (χ3n) is 8.45. The van der Waals surface area contributed by atoms with Gasteiger partial charge in [-0.1, -0.05) is 95.3 Å². The number of hydrogen-bond acceptors (Lipinski definition) is 5. The van der Waals surface area contributed by atoms with Crippen molar-refractivity contribution in [3.05, 3.63) is 71.8 Å². The van der Waals surface area contributed by atoms with Gasteiger partial charge in [0.05, 0.1) is 6.04 Å². The highest BCUT2D eigenvalue weighted by Gasteiger charge is 2.48. The van der Waals surface area contributed by atoms with E-state index in [1.54, 1.807) is 0 Å². The maximum absolute atomic E-state index is 13.9. The summed E-state index contributed by atoms with van der Waals surface area (Å²) in [5, 5.41) is 11.5. The zero-order chi connectivity index (χ0) is 33.9. The number of Topliss-reactive ketones (excluding diaryl/α,β-unsaturated/α-hetero) is 1. The molecule has 46 heavy (non-hydrogen) atoms. The molecule has 2 aromatic carbocycles. The quantitative estimate of drug-likeness (QED) is 0.195. The van der Waals surface area contributed by atoms with Gasteiger partial charge in [-0.15, -0.1) is 0 Å². The lowest BCUT2D eigenvalue weighted by molar-refractivity contribution is -0.135. The van der Waals surface area contributed by atoms with Gasteiger partial charge >= 0.3 is 0 Å². The Morgan fingerprint density at radius 2 is 1.09 bits per heavy atom. The molecule has 1 fully saturated rings. The van der Waals surface area contributed by atoms with E-state index in [0.29, 0.717) is 25.7 Å². The molecule has 0 radical (unpaired) electrons. The SMILES string of the molecule is CC(=O)N[C@@H](CCc1ccccc1)C(=O)NC(CC(C)C)C(=O)N[C@@H](Cc1ccccc1)C(=O)NC(CC(C)C)C(=O)C1(C)CC1. The number of benzene rings is 2. The van der Waals surface area contributed by atoms with Crippen LogP contribution in [0, 0.1) is 17.3 Å². The molecule has 3 rings (SSSR count). The smallest absolute Gasteiger partial charge is 0.243 e. The van der Waals surface area contributed by atoms with Gasteiger partial charge in [0.15, 0.2) is 5.78 Å². The summed E-state index contributed by atoms with van der Waals surface area (Å²) >= 11 is 0. The van der Waals surface area contributed by atoms with E-state index in [2.05, 4.69) is 21.3 Å². The predicted octanol–water partition coefficient (Wildman–Crippen LogP) is 4.28. The first-order chi connectivity index (χ1) is 21.8. The molecule has 0 bridgehead atoms. The van der Waals surface area contributed by atoms with Gasteiger partial charge in [0, 0.05) is 18.8 Å². The first-order valence-corrected chi connectivity index (χ1v) is 16.6. The van der Waals surface area contributed by atoms with Crippen molar-refractivity contribution in [2.45, 2.75) is 111 Å². The molecule has 0 saturated heterocycles. The molecule has 4 N–H and O–H groups in total. The Kier molecular flexibility index (Phi) is 13.5. The number of aryl methyl sites for hydroxylation is 1. The van der Waals surface area contributed by atoms with Crippen LogP contribution < -0.4 is 21.3 Å². The van der Waals surface area contributed by atoms with Crippen molar-refractivity contribution in [2.75, 3.05) is 0 Å². The van der Waals surface area contributed by atoms with E-state index in [4.69, 9.17) is 0 Å². The molecule has 9 nitrogen and oxygen atoms in total. The first kappa shape index (κ1) is 36.5. The van der Waals surface area contributed by atoms with Crippen molar-refractivity contribution in [1.82, 2.24) is 21.3 Å².